The zero-order chi connectivity index (χ0) is 13.6. The summed E-state index contributed by atoms with van der Waals surface area (Å²) in [6.07, 6.45) is 9.85. The fourth-order valence-electron chi connectivity index (χ4n) is 3.29. The van der Waals surface area contributed by atoms with Crippen LogP contribution in [0.5, 0.6) is 0 Å². The topological polar surface area (TPSA) is 12.0 Å². The molecule has 0 aliphatic heterocycles. The van der Waals surface area contributed by atoms with Crippen LogP contribution < -0.4 is 5.32 Å². The molecule has 0 spiro atoms. The van der Waals surface area contributed by atoms with Crippen molar-refractivity contribution in [2.75, 3.05) is 13.1 Å². The maximum Gasteiger partial charge on any atom is 0.00454 e. The van der Waals surface area contributed by atoms with Crippen LogP contribution in [0, 0.1) is 11.3 Å². The molecule has 0 bridgehead atoms. The minimum atomic E-state index is 0.580. The van der Waals surface area contributed by atoms with Crippen LogP contribution in [0.4, 0.5) is 0 Å². The molecule has 0 unspecified atom stereocenters. The lowest BCUT2D eigenvalue weighted by Gasteiger charge is -2.38. The Kier molecular flexibility index (Phi) is 5.90. The summed E-state index contributed by atoms with van der Waals surface area (Å²) in [4.78, 5) is 1.56. The molecule has 2 rings (SSSR count). The molecular weight excluding hydrogens is 250 g/mol. The zero-order valence-electron chi connectivity index (χ0n) is 12.6. The van der Waals surface area contributed by atoms with Crippen LogP contribution in [0.25, 0.3) is 0 Å². The van der Waals surface area contributed by atoms with Gasteiger partial charge in [0.2, 0.25) is 0 Å². The minimum Gasteiger partial charge on any atom is -0.316 e. The molecule has 1 aromatic rings. The third kappa shape index (κ3) is 4.92. The molecule has 19 heavy (non-hydrogen) atoms. The number of thiophene rings is 1. The maximum absolute atomic E-state index is 3.73. The van der Waals surface area contributed by atoms with Crippen LogP contribution in [0.15, 0.2) is 17.5 Å². The van der Waals surface area contributed by atoms with Gasteiger partial charge >= 0.3 is 0 Å². The van der Waals surface area contributed by atoms with Crippen molar-refractivity contribution >= 4 is 11.3 Å². The van der Waals surface area contributed by atoms with E-state index in [2.05, 4.69) is 36.7 Å². The Morgan fingerprint density at radius 1 is 1.26 bits per heavy atom. The Bertz CT molecular complexity index is 336. The van der Waals surface area contributed by atoms with E-state index in [-0.39, 0.29) is 0 Å². The molecule has 1 fully saturated rings. The van der Waals surface area contributed by atoms with Crippen molar-refractivity contribution in [2.45, 2.75) is 58.8 Å². The molecule has 1 saturated carbocycles. The Balaban J connectivity index is 1.86. The molecule has 1 aromatic heterocycles. The van der Waals surface area contributed by atoms with Gasteiger partial charge in [-0.2, -0.15) is 0 Å². The van der Waals surface area contributed by atoms with Crippen molar-refractivity contribution in [3.05, 3.63) is 22.4 Å². The van der Waals surface area contributed by atoms with E-state index in [0.29, 0.717) is 5.41 Å². The van der Waals surface area contributed by atoms with Gasteiger partial charge in [-0.25, -0.2) is 0 Å². The standard InChI is InChI=1S/C17H29NS/c1-15(2)13-18-14-17(9-4-3-5-10-17)11-8-16-7-6-12-19-16/h6-7,12,15,18H,3-5,8-11,13-14H2,1-2H3. The Labute approximate surface area is 122 Å². The van der Waals surface area contributed by atoms with Crippen molar-refractivity contribution in [3.8, 4) is 0 Å². The molecule has 1 nitrogen and oxygen atoms in total. The molecule has 1 aliphatic carbocycles. The summed E-state index contributed by atoms with van der Waals surface area (Å²) in [6.45, 7) is 7.00. The second kappa shape index (κ2) is 7.44. The molecule has 0 amide bonds. The first-order valence-corrected chi connectivity index (χ1v) is 8.81. The summed E-state index contributed by atoms with van der Waals surface area (Å²) < 4.78 is 0. The number of rotatable bonds is 7. The molecular formula is C17H29NS. The van der Waals surface area contributed by atoms with Crippen molar-refractivity contribution in [1.29, 1.82) is 0 Å². The SMILES string of the molecule is CC(C)CNCC1(CCc2cccs2)CCCCC1. The zero-order valence-corrected chi connectivity index (χ0v) is 13.4. The molecule has 2 heteroatoms. The average Bonchev–Trinajstić information content (AvgIpc) is 2.90. The van der Waals surface area contributed by atoms with Crippen molar-refractivity contribution < 1.29 is 0 Å². The van der Waals surface area contributed by atoms with Gasteiger partial charge in [-0.05, 0) is 55.0 Å². The number of hydrogen-bond acceptors (Lipinski definition) is 2. The van der Waals surface area contributed by atoms with Gasteiger partial charge in [0.25, 0.3) is 0 Å². The highest BCUT2D eigenvalue weighted by Crippen LogP contribution is 2.40. The predicted molar refractivity (Wildman–Crippen MR) is 85.9 cm³/mol. The highest BCUT2D eigenvalue weighted by atomic mass is 32.1. The van der Waals surface area contributed by atoms with Crippen LogP contribution in [0.3, 0.4) is 0 Å². The van der Waals surface area contributed by atoms with Gasteiger partial charge < -0.3 is 5.32 Å². The minimum absolute atomic E-state index is 0.580. The lowest BCUT2D eigenvalue weighted by molar-refractivity contribution is 0.166. The smallest absolute Gasteiger partial charge is 0.00454 e. The van der Waals surface area contributed by atoms with E-state index >= 15 is 0 Å². The van der Waals surface area contributed by atoms with Gasteiger partial charge in [0.1, 0.15) is 0 Å². The van der Waals surface area contributed by atoms with Gasteiger partial charge in [0.15, 0.2) is 0 Å². The Hall–Kier alpha value is -0.340. The van der Waals surface area contributed by atoms with E-state index in [0.717, 1.165) is 5.92 Å². The summed E-state index contributed by atoms with van der Waals surface area (Å²) in [6, 6.07) is 4.48. The largest absolute Gasteiger partial charge is 0.316 e. The summed E-state index contributed by atoms with van der Waals surface area (Å²) in [5, 5.41) is 5.94. The van der Waals surface area contributed by atoms with E-state index in [9.17, 15) is 0 Å². The van der Waals surface area contributed by atoms with E-state index in [4.69, 9.17) is 0 Å². The molecule has 108 valence electrons. The average molecular weight is 279 g/mol. The Morgan fingerprint density at radius 2 is 2.05 bits per heavy atom. The first-order valence-electron chi connectivity index (χ1n) is 7.93. The second-order valence-corrected chi connectivity index (χ2v) is 7.70. The highest BCUT2D eigenvalue weighted by molar-refractivity contribution is 7.09. The molecule has 0 saturated heterocycles. The third-order valence-electron chi connectivity index (χ3n) is 4.45. The molecule has 0 aromatic carbocycles. The predicted octanol–water partition coefficient (Wildman–Crippen LogP) is 4.88. The van der Waals surface area contributed by atoms with Gasteiger partial charge in [0.05, 0.1) is 0 Å². The van der Waals surface area contributed by atoms with Crippen LogP contribution in [-0.4, -0.2) is 13.1 Å². The van der Waals surface area contributed by atoms with E-state index < -0.39 is 0 Å². The molecule has 1 N–H and O–H groups in total. The first kappa shape index (κ1) is 15.1. The lowest BCUT2D eigenvalue weighted by Crippen LogP contribution is -2.38. The van der Waals surface area contributed by atoms with Crippen LogP contribution in [0.1, 0.15) is 57.2 Å². The second-order valence-electron chi connectivity index (χ2n) is 6.66. The van der Waals surface area contributed by atoms with Gasteiger partial charge in [0, 0.05) is 11.4 Å². The van der Waals surface area contributed by atoms with E-state index in [1.54, 1.807) is 4.88 Å². The summed E-state index contributed by atoms with van der Waals surface area (Å²) >= 11 is 1.92. The molecule has 0 radical (unpaired) electrons. The van der Waals surface area contributed by atoms with Crippen LogP contribution in [-0.2, 0) is 6.42 Å². The van der Waals surface area contributed by atoms with Crippen molar-refractivity contribution in [2.24, 2.45) is 11.3 Å². The maximum atomic E-state index is 3.73. The fourth-order valence-corrected chi connectivity index (χ4v) is 4.00. The fraction of sp³-hybridized carbons (Fsp3) is 0.765. The third-order valence-corrected chi connectivity index (χ3v) is 5.38. The van der Waals surface area contributed by atoms with Crippen molar-refractivity contribution in [3.63, 3.8) is 0 Å². The summed E-state index contributed by atoms with van der Waals surface area (Å²) in [5.41, 5.74) is 0.580. The van der Waals surface area contributed by atoms with Crippen LogP contribution in [0.2, 0.25) is 0 Å². The molecule has 0 atom stereocenters. The first-order chi connectivity index (χ1) is 9.20. The van der Waals surface area contributed by atoms with Gasteiger partial charge in [-0.3, -0.25) is 0 Å². The Morgan fingerprint density at radius 3 is 2.68 bits per heavy atom. The molecule has 1 heterocycles. The van der Waals surface area contributed by atoms with Crippen LogP contribution >= 0.6 is 11.3 Å². The number of hydrogen-bond donors (Lipinski definition) is 1. The summed E-state index contributed by atoms with van der Waals surface area (Å²) in [7, 11) is 0. The van der Waals surface area contributed by atoms with Gasteiger partial charge in [-0.15, -0.1) is 11.3 Å². The van der Waals surface area contributed by atoms with E-state index in [1.165, 1.54) is 58.0 Å². The normalized spacial score (nSPS) is 18.9. The number of aryl methyl sites for hydroxylation is 1. The van der Waals surface area contributed by atoms with E-state index in [1.807, 2.05) is 11.3 Å². The summed E-state index contributed by atoms with van der Waals surface area (Å²) in [5.74, 6) is 0.762. The van der Waals surface area contributed by atoms with Crippen molar-refractivity contribution in [1.82, 2.24) is 5.32 Å². The quantitative estimate of drug-likeness (QED) is 0.750. The monoisotopic (exact) mass is 279 g/mol. The molecule has 1 aliphatic rings. The highest BCUT2D eigenvalue weighted by Gasteiger charge is 2.31. The number of nitrogens with one attached hydrogen (secondary N) is 1. The van der Waals surface area contributed by atoms with Gasteiger partial charge in [-0.1, -0.05) is 39.2 Å². The lowest BCUT2D eigenvalue weighted by atomic mass is 9.71.